The Morgan fingerprint density at radius 1 is 1.07 bits per heavy atom. The van der Waals surface area contributed by atoms with E-state index in [2.05, 4.69) is 29.6 Å². The summed E-state index contributed by atoms with van der Waals surface area (Å²) in [6.45, 7) is 17.7. The Hall–Kier alpha value is -2.93. The van der Waals surface area contributed by atoms with Crippen LogP contribution in [0.5, 0.6) is 0 Å². The summed E-state index contributed by atoms with van der Waals surface area (Å²) in [7, 11) is 0. The average Bonchev–Trinajstić information content (AvgIpc) is 3.47. The number of nitrogens with one attached hydrogen (secondary N) is 3. The molecule has 0 aromatic carbocycles. The molecule has 1 heterocycles. The summed E-state index contributed by atoms with van der Waals surface area (Å²) in [6.07, 6.45) is 5.25. The number of ketones is 1. The summed E-state index contributed by atoms with van der Waals surface area (Å²) in [6, 6.07) is -4.05. The predicted octanol–water partition coefficient (Wildman–Crippen LogP) is 1.75. The van der Waals surface area contributed by atoms with Gasteiger partial charge in [-0.1, -0.05) is 74.0 Å². The van der Waals surface area contributed by atoms with Crippen LogP contribution in [0, 0.1) is 28.1 Å². The number of carbonyl (C=O) groups is 5. The van der Waals surface area contributed by atoms with Gasteiger partial charge in [-0.15, -0.1) is 5.43 Å². The van der Waals surface area contributed by atoms with Crippen molar-refractivity contribution < 1.29 is 52.1 Å². The van der Waals surface area contributed by atoms with Crippen LogP contribution in [0.3, 0.4) is 0 Å². The zero-order valence-electron chi connectivity index (χ0n) is 26.1. The number of rotatable bonds is 11. The summed E-state index contributed by atoms with van der Waals surface area (Å²) in [5, 5.41) is 5.23. The van der Waals surface area contributed by atoms with Gasteiger partial charge in [0.05, 0.1) is 4.91 Å². The van der Waals surface area contributed by atoms with Crippen LogP contribution in [0.4, 0.5) is 4.79 Å². The third-order valence-electron chi connectivity index (χ3n) is 6.52. The molecular weight excluding hydrogens is 583 g/mol. The van der Waals surface area contributed by atoms with Gasteiger partial charge in [-0.25, -0.2) is 16.0 Å². The molecule has 0 spiro atoms. The van der Waals surface area contributed by atoms with E-state index in [9.17, 15) is 28.9 Å². The molecule has 2 aliphatic rings. The standard InChI is InChI=1S/C24H40N6O7.C4H8.V/c1-9-13-37-21(34)18(24(6,7)8)27-22(35)26-17(23(3,4)5)20(33)29-12-10-11-15(29)30(36)28-14(2)16(31)19(25)32;1-4-2-3-4;/h9,11,14-15,17-18H,1,10,12-13H2,2-8H3,(H2,25,32)(H,28,36)(H2,26,27,35);4H,2-3H2,1H3;/t14?,15-,17?,18-;;/m1../s1. The van der Waals surface area contributed by atoms with Crippen molar-refractivity contribution in [2.75, 3.05) is 13.2 Å². The van der Waals surface area contributed by atoms with E-state index in [0.29, 0.717) is 11.3 Å². The Balaban J connectivity index is 0.00000308. The van der Waals surface area contributed by atoms with E-state index in [0.717, 1.165) is 5.92 Å². The molecule has 14 heteroatoms. The molecular formula is C28H48N6O7V. The van der Waals surface area contributed by atoms with Crippen molar-refractivity contribution >= 4 is 29.6 Å². The Morgan fingerprint density at radius 3 is 2.00 bits per heavy atom. The van der Waals surface area contributed by atoms with Gasteiger partial charge in [-0.2, -0.15) is 6.42 Å². The SMILES string of the molecule is C=CCOC(=O)[C@@H](NC(=O)NC(C(=O)N1CC[CH-][C@H]1[N+](=O)NC(C)C(=O)C(N)=O)C(C)(C)C)C(C)(C)C.CC1CC1.[V]. The Kier molecular flexibility index (Phi) is 15.5. The van der Waals surface area contributed by atoms with Gasteiger partial charge in [0, 0.05) is 18.6 Å². The summed E-state index contributed by atoms with van der Waals surface area (Å²) in [5.74, 6) is -2.29. The molecule has 2 unspecified atom stereocenters. The first-order valence-corrected chi connectivity index (χ1v) is 13.9. The molecule has 1 aliphatic carbocycles. The summed E-state index contributed by atoms with van der Waals surface area (Å²) >= 11 is 0. The quantitative estimate of drug-likeness (QED) is 0.0665. The van der Waals surface area contributed by atoms with Crippen molar-refractivity contribution in [3.63, 3.8) is 0 Å². The van der Waals surface area contributed by atoms with Crippen LogP contribution >= 0.6 is 0 Å². The minimum absolute atomic E-state index is 0. The van der Waals surface area contributed by atoms with Crippen LogP contribution in [0.25, 0.3) is 0 Å². The maximum Gasteiger partial charge on any atom is 0.329 e. The summed E-state index contributed by atoms with van der Waals surface area (Å²) in [5.41, 5.74) is 5.83. The molecule has 13 nitrogen and oxygen atoms in total. The Labute approximate surface area is 260 Å². The smallest absolute Gasteiger partial charge is 0.329 e. The van der Waals surface area contributed by atoms with Gasteiger partial charge in [0.2, 0.25) is 11.7 Å². The second-order valence-corrected chi connectivity index (χ2v) is 12.7. The number of ether oxygens (including phenoxy) is 1. The molecule has 2 rings (SSSR count). The first-order valence-electron chi connectivity index (χ1n) is 13.9. The molecule has 2 fully saturated rings. The van der Waals surface area contributed by atoms with Crippen molar-refractivity contribution in [2.45, 2.75) is 98.9 Å². The van der Waals surface area contributed by atoms with Crippen molar-refractivity contribution in [3.8, 4) is 0 Å². The van der Waals surface area contributed by atoms with E-state index in [-0.39, 0.29) is 31.7 Å². The van der Waals surface area contributed by atoms with E-state index in [1.807, 2.05) is 0 Å². The molecule has 0 aromatic heterocycles. The number of nitroso groups, excluding NO2 is 1. The maximum absolute atomic E-state index is 13.6. The average molecular weight is 632 g/mol. The van der Waals surface area contributed by atoms with Gasteiger partial charge in [0.1, 0.15) is 23.6 Å². The fourth-order valence-corrected chi connectivity index (χ4v) is 3.76. The number of hydrogen-bond acceptors (Lipinski definition) is 7. The molecule has 5 N–H and O–H groups in total. The fourth-order valence-electron chi connectivity index (χ4n) is 3.76. The first kappa shape index (κ1) is 39.1. The zero-order chi connectivity index (χ0) is 31.7. The van der Waals surface area contributed by atoms with Crippen LogP contribution in [0.15, 0.2) is 12.7 Å². The molecule has 1 aliphatic heterocycles. The predicted molar refractivity (Wildman–Crippen MR) is 153 cm³/mol. The molecule has 4 amide bonds. The number of hydrogen-bond donors (Lipinski definition) is 4. The number of urea groups is 1. The largest absolute Gasteiger partial charge is 0.460 e. The third-order valence-corrected chi connectivity index (χ3v) is 6.52. The Morgan fingerprint density at radius 2 is 1.57 bits per heavy atom. The minimum Gasteiger partial charge on any atom is -0.460 e. The van der Waals surface area contributed by atoms with Gasteiger partial charge in [0.15, 0.2) is 12.2 Å². The van der Waals surface area contributed by atoms with Crippen molar-refractivity contribution in [2.24, 2.45) is 22.5 Å². The molecule has 237 valence electrons. The van der Waals surface area contributed by atoms with Crippen molar-refractivity contribution in [1.82, 2.24) is 21.0 Å². The normalized spacial score (nSPS) is 18.5. The van der Waals surface area contributed by atoms with E-state index >= 15 is 0 Å². The van der Waals surface area contributed by atoms with Gasteiger partial charge < -0.3 is 26.0 Å². The number of carbonyl (C=O) groups excluding carboxylic acids is 5. The van der Waals surface area contributed by atoms with Crippen LogP contribution in [0.2, 0.25) is 0 Å². The number of amides is 4. The van der Waals surface area contributed by atoms with E-state index in [4.69, 9.17) is 10.5 Å². The maximum atomic E-state index is 13.6. The van der Waals surface area contributed by atoms with Crippen molar-refractivity contribution in [1.29, 1.82) is 0 Å². The van der Waals surface area contributed by atoms with Crippen LogP contribution in [-0.4, -0.2) is 76.8 Å². The molecule has 4 atom stereocenters. The fraction of sp³-hybridized carbons (Fsp3) is 0.714. The van der Waals surface area contributed by atoms with E-state index in [1.165, 1.54) is 30.7 Å². The van der Waals surface area contributed by atoms with E-state index in [1.54, 1.807) is 48.0 Å². The van der Waals surface area contributed by atoms with Crippen LogP contribution in [0.1, 0.15) is 74.7 Å². The van der Waals surface area contributed by atoms with Crippen LogP contribution in [-0.2, 0) is 42.5 Å². The summed E-state index contributed by atoms with van der Waals surface area (Å²) in [4.78, 5) is 76.2. The second-order valence-electron chi connectivity index (χ2n) is 12.7. The number of hydrazine groups is 1. The molecule has 0 aromatic rings. The van der Waals surface area contributed by atoms with Crippen LogP contribution < -0.4 is 21.8 Å². The zero-order valence-corrected chi connectivity index (χ0v) is 27.5. The van der Waals surface area contributed by atoms with Crippen molar-refractivity contribution in [3.05, 3.63) is 24.0 Å². The first-order chi connectivity index (χ1) is 18.8. The molecule has 1 radical (unpaired) electrons. The Bertz CT molecular complexity index is 1000. The third kappa shape index (κ3) is 12.5. The molecule has 1 saturated carbocycles. The van der Waals surface area contributed by atoms with E-state index < -0.39 is 64.7 Å². The minimum atomic E-state index is -1.20. The van der Waals surface area contributed by atoms with Gasteiger partial charge >= 0.3 is 12.0 Å². The monoisotopic (exact) mass is 631 g/mol. The summed E-state index contributed by atoms with van der Waals surface area (Å²) < 4.78 is 5.11. The molecule has 42 heavy (non-hydrogen) atoms. The topological polar surface area (TPSA) is 180 Å². The van der Waals surface area contributed by atoms with Gasteiger partial charge in [-0.3, -0.25) is 14.4 Å². The van der Waals surface area contributed by atoms with Gasteiger partial charge in [0.25, 0.3) is 5.91 Å². The van der Waals surface area contributed by atoms with Gasteiger partial charge in [-0.05, 0) is 30.2 Å². The molecule has 0 bridgehead atoms. The second kappa shape index (κ2) is 16.6. The number of primary amides is 1. The number of esters is 1. The number of Topliss-reactive ketones (excluding diaryl/α,β-unsaturated/α-hetero) is 1. The number of nitrogens with zero attached hydrogens (tertiary/aromatic N) is 2. The number of nitrogens with two attached hydrogens (primary N) is 1. The number of likely N-dealkylation sites (tertiary alicyclic amines) is 1. The molecule has 1 saturated heterocycles.